The summed E-state index contributed by atoms with van der Waals surface area (Å²) in [5.74, 6) is 0.0155. The maximum atomic E-state index is 12.1. The number of anilines is 1. The molecule has 0 saturated heterocycles. The van der Waals surface area contributed by atoms with E-state index in [1.165, 1.54) is 0 Å². The van der Waals surface area contributed by atoms with Crippen LogP contribution in [0.1, 0.15) is 18.9 Å². The van der Waals surface area contributed by atoms with E-state index in [9.17, 15) is 4.79 Å². The molecule has 0 heterocycles. The van der Waals surface area contributed by atoms with Gasteiger partial charge in [-0.15, -0.1) is 0 Å². The van der Waals surface area contributed by atoms with Gasteiger partial charge in [0.1, 0.15) is 6.04 Å². The van der Waals surface area contributed by atoms with Gasteiger partial charge in [-0.2, -0.15) is 0 Å². The lowest BCUT2D eigenvalue weighted by Gasteiger charge is -2.26. The number of hydrogen-bond donors (Lipinski definition) is 2. The molecule has 1 amide bonds. The molecule has 0 aliphatic heterocycles. The number of hydrogen-bond acceptors (Lipinski definition) is 4. The summed E-state index contributed by atoms with van der Waals surface area (Å²) in [6.07, 6.45) is 0.821. The first-order chi connectivity index (χ1) is 9.60. The minimum Gasteiger partial charge on any atom is -0.385 e. The van der Waals surface area contributed by atoms with Crippen molar-refractivity contribution < 1.29 is 9.53 Å². The van der Waals surface area contributed by atoms with Crippen molar-refractivity contribution >= 4 is 11.6 Å². The third-order valence-electron chi connectivity index (χ3n) is 3.34. The normalized spacial score (nSPS) is 12.0. The highest BCUT2D eigenvalue weighted by Gasteiger charge is 2.17. The van der Waals surface area contributed by atoms with E-state index >= 15 is 0 Å². The Morgan fingerprint density at radius 2 is 2.25 bits per heavy atom. The lowest BCUT2D eigenvalue weighted by molar-refractivity contribution is -0.122. The number of nitrogens with zero attached hydrogens (tertiary/aromatic N) is 1. The largest absolute Gasteiger partial charge is 0.385 e. The molecular weight excluding hydrogens is 254 g/mol. The van der Waals surface area contributed by atoms with Gasteiger partial charge in [0.25, 0.3) is 0 Å². The molecule has 1 aromatic rings. The fraction of sp³-hybridized carbons (Fsp3) is 0.533. The molecule has 0 aromatic heterocycles. The summed E-state index contributed by atoms with van der Waals surface area (Å²) in [5, 5.41) is 2.91. The van der Waals surface area contributed by atoms with Gasteiger partial charge in [-0.25, -0.2) is 0 Å². The minimum atomic E-state index is -0.231. The molecule has 0 radical (unpaired) electrons. The fourth-order valence-electron chi connectivity index (χ4n) is 1.88. The van der Waals surface area contributed by atoms with E-state index in [2.05, 4.69) is 5.32 Å². The maximum Gasteiger partial charge on any atom is 0.242 e. The van der Waals surface area contributed by atoms with Crippen molar-refractivity contribution in [1.82, 2.24) is 5.32 Å². The summed E-state index contributed by atoms with van der Waals surface area (Å²) in [7, 11) is 3.57. The lowest BCUT2D eigenvalue weighted by atomic mass is 10.1. The van der Waals surface area contributed by atoms with Gasteiger partial charge in [0.05, 0.1) is 0 Å². The Bertz CT molecular complexity index is 423. The van der Waals surface area contributed by atoms with Crippen LogP contribution in [0.5, 0.6) is 0 Å². The van der Waals surface area contributed by atoms with E-state index in [4.69, 9.17) is 10.5 Å². The van der Waals surface area contributed by atoms with Gasteiger partial charge < -0.3 is 20.7 Å². The van der Waals surface area contributed by atoms with Gasteiger partial charge in [0.15, 0.2) is 0 Å². The van der Waals surface area contributed by atoms with Crippen LogP contribution in [-0.4, -0.2) is 39.3 Å². The number of rotatable bonds is 8. The highest BCUT2D eigenvalue weighted by molar-refractivity contribution is 5.84. The summed E-state index contributed by atoms with van der Waals surface area (Å²) in [6, 6.07) is 7.69. The highest BCUT2D eigenvalue weighted by Crippen LogP contribution is 2.17. The number of nitrogens with two attached hydrogens (primary N) is 1. The molecule has 0 bridgehead atoms. The topological polar surface area (TPSA) is 67.6 Å². The van der Waals surface area contributed by atoms with Crippen molar-refractivity contribution in [1.29, 1.82) is 0 Å². The summed E-state index contributed by atoms with van der Waals surface area (Å²) in [4.78, 5) is 14.0. The summed E-state index contributed by atoms with van der Waals surface area (Å²) in [5.41, 5.74) is 7.69. The van der Waals surface area contributed by atoms with Crippen molar-refractivity contribution in [2.24, 2.45) is 5.73 Å². The van der Waals surface area contributed by atoms with Crippen molar-refractivity contribution in [3.05, 3.63) is 29.8 Å². The molecule has 112 valence electrons. The number of carbonyl (C=O) groups is 1. The monoisotopic (exact) mass is 279 g/mol. The molecule has 20 heavy (non-hydrogen) atoms. The Morgan fingerprint density at radius 3 is 2.90 bits per heavy atom. The van der Waals surface area contributed by atoms with E-state index in [1.807, 2.05) is 43.1 Å². The molecule has 1 rings (SSSR count). The van der Waals surface area contributed by atoms with Crippen LogP contribution in [0.3, 0.4) is 0 Å². The van der Waals surface area contributed by atoms with Crippen LogP contribution in [0.2, 0.25) is 0 Å². The highest BCUT2D eigenvalue weighted by atomic mass is 16.5. The zero-order valence-electron chi connectivity index (χ0n) is 12.6. The summed E-state index contributed by atoms with van der Waals surface area (Å²) < 4.78 is 4.95. The molecule has 0 aliphatic carbocycles. The third-order valence-corrected chi connectivity index (χ3v) is 3.34. The zero-order chi connectivity index (χ0) is 15.0. The quantitative estimate of drug-likeness (QED) is 0.700. The molecule has 0 saturated carbocycles. The maximum absolute atomic E-state index is 12.1. The minimum absolute atomic E-state index is 0.0155. The number of likely N-dealkylation sites (N-methyl/N-ethyl adjacent to an activating group) is 1. The number of nitrogens with one attached hydrogen (secondary N) is 1. The van der Waals surface area contributed by atoms with Gasteiger partial charge in [-0.1, -0.05) is 12.1 Å². The molecule has 1 aromatic carbocycles. The van der Waals surface area contributed by atoms with Crippen molar-refractivity contribution in [2.75, 3.05) is 32.2 Å². The average Bonchev–Trinajstić information content (AvgIpc) is 2.49. The number of carbonyl (C=O) groups excluding carboxylic acids is 1. The third kappa shape index (κ3) is 4.83. The van der Waals surface area contributed by atoms with E-state index in [1.54, 1.807) is 7.11 Å². The molecule has 3 N–H and O–H groups in total. The Kier molecular flexibility index (Phi) is 7.04. The van der Waals surface area contributed by atoms with Gasteiger partial charge >= 0.3 is 0 Å². The fourth-order valence-corrected chi connectivity index (χ4v) is 1.88. The first-order valence-electron chi connectivity index (χ1n) is 6.88. The number of benzene rings is 1. The lowest BCUT2D eigenvalue weighted by Crippen LogP contribution is -2.43. The van der Waals surface area contributed by atoms with Crippen molar-refractivity contribution in [3.8, 4) is 0 Å². The van der Waals surface area contributed by atoms with E-state index < -0.39 is 0 Å². The zero-order valence-corrected chi connectivity index (χ0v) is 12.6. The first-order valence-corrected chi connectivity index (χ1v) is 6.88. The smallest absolute Gasteiger partial charge is 0.242 e. The average molecular weight is 279 g/mol. The number of amides is 1. The first kappa shape index (κ1) is 16.5. The van der Waals surface area contributed by atoms with Gasteiger partial charge in [-0.05, 0) is 31.0 Å². The van der Waals surface area contributed by atoms with Crippen LogP contribution < -0.4 is 16.0 Å². The summed E-state index contributed by atoms with van der Waals surface area (Å²) in [6.45, 7) is 3.68. The molecule has 0 aliphatic rings. The molecule has 0 spiro atoms. The van der Waals surface area contributed by atoms with Gasteiger partial charge in [0.2, 0.25) is 5.91 Å². The predicted molar refractivity (Wildman–Crippen MR) is 81.7 cm³/mol. The molecular formula is C15H25N3O2. The van der Waals surface area contributed by atoms with Crippen LogP contribution >= 0.6 is 0 Å². The van der Waals surface area contributed by atoms with Crippen LogP contribution in [0.4, 0.5) is 5.69 Å². The van der Waals surface area contributed by atoms with E-state index in [-0.39, 0.29) is 11.9 Å². The standard InChI is InChI=1S/C15H25N3O2/c1-12(15(19)17-8-5-9-20-3)18(2)14-7-4-6-13(10-14)11-16/h4,6-7,10,12H,5,8-9,11,16H2,1-3H3,(H,17,19). The molecule has 1 atom stereocenters. The summed E-state index contributed by atoms with van der Waals surface area (Å²) >= 11 is 0. The second kappa shape index (κ2) is 8.55. The van der Waals surface area contributed by atoms with Crippen LogP contribution in [-0.2, 0) is 16.1 Å². The second-order valence-corrected chi connectivity index (χ2v) is 4.80. The van der Waals surface area contributed by atoms with E-state index in [0.29, 0.717) is 19.7 Å². The van der Waals surface area contributed by atoms with E-state index in [0.717, 1.165) is 17.7 Å². The molecule has 0 fully saturated rings. The van der Waals surface area contributed by atoms with Crippen molar-refractivity contribution in [2.45, 2.75) is 25.9 Å². The molecule has 1 unspecified atom stereocenters. The van der Waals surface area contributed by atoms with Crippen molar-refractivity contribution in [3.63, 3.8) is 0 Å². The molecule has 5 heteroatoms. The number of methoxy groups -OCH3 is 1. The molecule has 5 nitrogen and oxygen atoms in total. The Morgan fingerprint density at radius 1 is 1.50 bits per heavy atom. The van der Waals surface area contributed by atoms with Gasteiger partial charge in [-0.3, -0.25) is 4.79 Å². The number of ether oxygens (including phenoxy) is 1. The SMILES string of the molecule is COCCCNC(=O)C(C)N(C)c1cccc(CN)c1. The second-order valence-electron chi connectivity index (χ2n) is 4.80. The predicted octanol–water partition coefficient (Wildman–Crippen LogP) is 1.12. The van der Waals surface area contributed by atoms with Crippen LogP contribution in [0.25, 0.3) is 0 Å². The van der Waals surface area contributed by atoms with Gasteiger partial charge in [0, 0.05) is 39.5 Å². The Labute approximate surface area is 121 Å². The van der Waals surface area contributed by atoms with Crippen LogP contribution in [0, 0.1) is 0 Å². The Hall–Kier alpha value is -1.59. The Balaban J connectivity index is 2.56. The van der Waals surface area contributed by atoms with Crippen LogP contribution in [0.15, 0.2) is 24.3 Å².